The highest BCUT2D eigenvalue weighted by Crippen LogP contribution is 2.36. The SMILES string of the molecule is CCS(=O)(=O)C1CSCCN1C(c1ccc(Br)s1)C(C)N. The third-order valence-electron chi connectivity index (χ3n) is 3.68. The molecule has 0 amide bonds. The Morgan fingerprint density at radius 1 is 1.52 bits per heavy atom. The average Bonchev–Trinajstić information content (AvgIpc) is 2.85. The Labute approximate surface area is 143 Å². The van der Waals surface area contributed by atoms with Crippen molar-refractivity contribution in [3.8, 4) is 0 Å². The molecule has 2 rings (SSSR count). The highest BCUT2D eigenvalue weighted by atomic mass is 79.9. The predicted molar refractivity (Wildman–Crippen MR) is 95.7 cm³/mol. The Hall–Kier alpha value is 0.400. The Bertz CT molecular complexity index is 574. The van der Waals surface area contributed by atoms with Crippen LogP contribution in [0.15, 0.2) is 15.9 Å². The zero-order valence-electron chi connectivity index (χ0n) is 12.2. The van der Waals surface area contributed by atoms with Gasteiger partial charge in [-0.05, 0) is 35.0 Å². The van der Waals surface area contributed by atoms with Crippen LogP contribution < -0.4 is 5.73 Å². The topological polar surface area (TPSA) is 63.4 Å². The van der Waals surface area contributed by atoms with E-state index < -0.39 is 15.2 Å². The van der Waals surface area contributed by atoms with Crippen molar-refractivity contribution in [2.75, 3.05) is 23.8 Å². The summed E-state index contributed by atoms with van der Waals surface area (Å²) < 4.78 is 25.9. The second kappa shape index (κ2) is 7.31. The van der Waals surface area contributed by atoms with E-state index in [0.717, 1.165) is 21.0 Å². The molecule has 1 aromatic heterocycles. The maximum absolute atomic E-state index is 12.4. The van der Waals surface area contributed by atoms with Crippen LogP contribution in [0.1, 0.15) is 24.8 Å². The molecule has 1 fully saturated rings. The summed E-state index contributed by atoms with van der Waals surface area (Å²) in [5.74, 6) is 1.76. The fourth-order valence-corrected chi connectivity index (χ4v) is 7.34. The Morgan fingerprint density at radius 3 is 2.76 bits per heavy atom. The van der Waals surface area contributed by atoms with Gasteiger partial charge in [0.05, 0.1) is 9.83 Å². The van der Waals surface area contributed by atoms with Gasteiger partial charge in [0.2, 0.25) is 0 Å². The molecule has 21 heavy (non-hydrogen) atoms. The molecule has 1 aliphatic rings. The van der Waals surface area contributed by atoms with Crippen molar-refractivity contribution in [2.24, 2.45) is 5.73 Å². The molecule has 1 aliphatic heterocycles. The van der Waals surface area contributed by atoms with Crippen molar-refractivity contribution < 1.29 is 8.42 Å². The van der Waals surface area contributed by atoms with E-state index in [2.05, 4.69) is 20.8 Å². The lowest BCUT2D eigenvalue weighted by molar-refractivity contribution is 0.175. The summed E-state index contributed by atoms with van der Waals surface area (Å²) in [6, 6.07) is 3.87. The first-order valence-corrected chi connectivity index (χ1v) is 11.4. The van der Waals surface area contributed by atoms with Crippen molar-refractivity contribution in [2.45, 2.75) is 31.3 Å². The Morgan fingerprint density at radius 2 is 2.24 bits per heavy atom. The van der Waals surface area contributed by atoms with Crippen LogP contribution in [0.4, 0.5) is 0 Å². The molecule has 3 unspecified atom stereocenters. The van der Waals surface area contributed by atoms with E-state index >= 15 is 0 Å². The van der Waals surface area contributed by atoms with E-state index in [-0.39, 0.29) is 17.8 Å². The van der Waals surface area contributed by atoms with E-state index in [1.807, 2.05) is 19.1 Å². The third kappa shape index (κ3) is 4.03. The predicted octanol–water partition coefficient (Wildman–Crippen LogP) is 2.71. The Kier molecular flexibility index (Phi) is 6.18. The summed E-state index contributed by atoms with van der Waals surface area (Å²) in [6.45, 7) is 4.43. The van der Waals surface area contributed by atoms with Crippen LogP contribution in [0.25, 0.3) is 0 Å². The minimum Gasteiger partial charge on any atom is -0.326 e. The summed E-state index contributed by atoms with van der Waals surface area (Å²) in [5.41, 5.74) is 6.20. The average molecular weight is 413 g/mol. The van der Waals surface area contributed by atoms with Gasteiger partial charge in [0.1, 0.15) is 5.37 Å². The van der Waals surface area contributed by atoms with Crippen molar-refractivity contribution in [1.82, 2.24) is 4.90 Å². The van der Waals surface area contributed by atoms with Gasteiger partial charge in [0, 0.05) is 34.7 Å². The quantitative estimate of drug-likeness (QED) is 0.804. The molecular weight excluding hydrogens is 392 g/mol. The molecule has 0 aliphatic carbocycles. The summed E-state index contributed by atoms with van der Waals surface area (Å²) in [4.78, 5) is 3.22. The number of sulfone groups is 1. The number of nitrogens with two attached hydrogens (primary N) is 1. The van der Waals surface area contributed by atoms with Crippen LogP contribution in [0.2, 0.25) is 0 Å². The largest absolute Gasteiger partial charge is 0.326 e. The van der Waals surface area contributed by atoms with Crippen LogP contribution in [-0.2, 0) is 9.84 Å². The van der Waals surface area contributed by atoms with Crippen LogP contribution in [0, 0.1) is 0 Å². The lowest BCUT2D eigenvalue weighted by atomic mass is 10.1. The number of thioether (sulfide) groups is 1. The standard InChI is InChI=1S/C13H21BrN2O2S3/c1-3-21(17,18)12-8-19-7-6-16(12)13(9(2)15)10-4-5-11(14)20-10/h4-5,9,12-13H,3,6-8,15H2,1-2H3. The van der Waals surface area contributed by atoms with Gasteiger partial charge >= 0.3 is 0 Å². The van der Waals surface area contributed by atoms with Crippen molar-refractivity contribution in [1.29, 1.82) is 0 Å². The lowest BCUT2D eigenvalue weighted by Gasteiger charge is -2.41. The summed E-state index contributed by atoms with van der Waals surface area (Å²) in [5, 5.41) is -0.432. The maximum Gasteiger partial charge on any atom is 0.166 e. The molecule has 0 spiro atoms. The normalized spacial score (nSPS) is 23.9. The second-order valence-corrected chi connectivity index (χ2v) is 11.3. The minimum atomic E-state index is -3.11. The van der Waals surface area contributed by atoms with Gasteiger partial charge in [-0.1, -0.05) is 6.92 Å². The fraction of sp³-hybridized carbons (Fsp3) is 0.692. The molecule has 2 heterocycles. The summed E-state index contributed by atoms with van der Waals surface area (Å²) in [6.07, 6.45) is 0. The zero-order valence-corrected chi connectivity index (χ0v) is 16.2. The number of hydrogen-bond donors (Lipinski definition) is 1. The van der Waals surface area contributed by atoms with Gasteiger partial charge in [0.15, 0.2) is 9.84 Å². The van der Waals surface area contributed by atoms with E-state index in [4.69, 9.17) is 5.73 Å². The fourth-order valence-electron chi connectivity index (χ4n) is 2.63. The molecular formula is C13H21BrN2O2S3. The van der Waals surface area contributed by atoms with Crippen LogP contribution in [0.5, 0.6) is 0 Å². The molecule has 0 radical (unpaired) electrons. The van der Waals surface area contributed by atoms with E-state index in [1.54, 1.807) is 30.0 Å². The second-order valence-electron chi connectivity index (χ2n) is 5.16. The van der Waals surface area contributed by atoms with E-state index in [1.165, 1.54) is 0 Å². The van der Waals surface area contributed by atoms with Crippen LogP contribution in [0.3, 0.4) is 0 Å². The third-order valence-corrected chi connectivity index (χ3v) is 8.68. The molecule has 2 N–H and O–H groups in total. The molecule has 4 nitrogen and oxygen atoms in total. The van der Waals surface area contributed by atoms with Gasteiger partial charge < -0.3 is 5.73 Å². The minimum absolute atomic E-state index is 0.0477. The van der Waals surface area contributed by atoms with Gasteiger partial charge in [-0.2, -0.15) is 11.8 Å². The maximum atomic E-state index is 12.4. The summed E-state index contributed by atoms with van der Waals surface area (Å²) >= 11 is 6.82. The molecule has 0 aromatic carbocycles. The molecule has 0 bridgehead atoms. The molecule has 3 atom stereocenters. The highest BCUT2D eigenvalue weighted by molar-refractivity contribution is 9.11. The van der Waals surface area contributed by atoms with E-state index in [9.17, 15) is 8.42 Å². The number of hydrogen-bond acceptors (Lipinski definition) is 6. The molecule has 0 saturated carbocycles. The van der Waals surface area contributed by atoms with Crippen molar-refractivity contribution in [3.05, 3.63) is 20.8 Å². The zero-order chi connectivity index (χ0) is 15.6. The number of rotatable bonds is 5. The first kappa shape index (κ1) is 17.7. The van der Waals surface area contributed by atoms with Gasteiger partial charge in [0.25, 0.3) is 0 Å². The lowest BCUT2D eigenvalue weighted by Crippen LogP contribution is -2.52. The molecule has 120 valence electrons. The molecule has 1 saturated heterocycles. The Balaban J connectivity index is 2.37. The summed E-state index contributed by atoms with van der Waals surface area (Å²) in [7, 11) is -3.11. The first-order chi connectivity index (χ1) is 9.86. The van der Waals surface area contributed by atoms with Crippen LogP contribution >= 0.6 is 39.0 Å². The number of nitrogens with zero attached hydrogens (tertiary/aromatic N) is 1. The number of halogens is 1. The van der Waals surface area contributed by atoms with Gasteiger partial charge in [-0.15, -0.1) is 11.3 Å². The molecule has 1 aromatic rings. The van der Waals surface area contributed by atoms with Gasteiger partial charge in [-0.3, -0.25) is 4.90 Å². The highest BCUT2D eigenvalue weighted by Gasteiger charge is 2.39. The smallest absolute Gasteiger partial charge is 0.166 e. The van der Waals surface area contributed by atoms with Crippen molar-refractivity contribution in [3.63, 3.8) is 0 Å². The van der Waals surface area contributed by atoms with Crippen LogP contribution in [-0.4, -0.2) is 48.5 Å². The molecule has 8 heteroatoms. The first-order valence-electron chi connectivity index (χ1n) is 6.92. The van der Waals surface area contributed by atoms with Crippen molar-refractivity contribution >= 4 is 48.9 Å². The van der Waals surface area contributed by atoms with Gasteiger partial charge in [-0.25, -0.2) is 8.42 Å². The monoisotopic (exact) mass is 412 g/mol. The number of thiophene rings is 1. The van der Waals surface area contributed by atoms with E-state index in [0.29, 0.717) is 5.75 Å².